The molecule has 0 bridgehead atoms. The molecule has 0 aliphatic carbocycles. The van der Waals surface area contributed by atoms with Gasteiger partial charge in [0.05, 0.1) is 6.61 Å². The third kappa shape index (κ3) is 5.18. The molecule has 0 saturated carbocycles. The molecule has 168 valence electrons. The molecule has 1 atom stereocenters. The van der Waals surface area contributed by atoms with Crippen LogP contribution in [-0.4, -0.2) is 45.7 Å². The van der Waals surface area contributed by atoms with Crippen LogP contribution in [-0.2, 0) is 6.42 Å². The second kappa shape index (κ2) is 9.98. The van der Waals surface area contributed by atoms with E-state index in [1.165, 1.54) is 11.1 Å². The molecule has 0 radical (unpaired) electrons. The summed E-state index contributed by atoms with van der Waals surface area (Å²) >= 11 is 0. The lowest BCUT2D eigenvalue weighted by molar-refractivity contribution is 0.0700. The average molecular weight is 433 g/mol. The van der Waals surface area contributed by atoms with Gasteiger partial charge in [-0.1, -0.05) is 32.0 Å². The van der Waals surface area contributed by atoms with Gasteiger partial charge in [0.25, 0.3) is 5.91 Å². The number of pyridine rings is 1. The molecule has 1 N–H and O–H groups in total. The Kier molecular flexibility index (Phi) is 6.88. The first kappa shape index (κ1) is 22.1. The number of piperidine rings is 1. The van der Waals surface area contributed by atoms with Crippen molar-refractivity contribution in [3.63, 3.8) is 0 Å². The zero-order valence-corrected chi connectivity index (χ0v) is 19.2. The SMILES string of the molecule is CCOc1ccc(Cc2ccc([C@@H]3CCCN(C(=O)c4cc(C(C)C)[nH]n4)C3)nc2)cc1. The lowest BCUT2D eigenvalue weighted by atomic mass is 9.93. The minimum absolute atomic E-state index is 0.00460. The standard InChI is InChI=1S/C26H32N4O2/c1-4-32-22-10-7-19(8-11-22)14-20-9-12-23(27-16-20)21-6-5-13-30(17-21)26(31)25-15-24(18(2)3)28-29-25/h7-12,15-16,18,21H,4-6,13-14,17H2,1-3H3,(H,28,29)/t21-/m1/s1. The first-order chi connectivity index (χ1) is 15.5. The predicted octanol–water partition coefficient (Wildman–Crippen LogP) is 4.94. The molecule has 1 aromatic carbocycles. The van der Waals surface area contributed by atoms with Crippen LogP contribution in [0.1, 0.15) is 78.5 Å². The van der Waals surface area contributed by atoms with Crippen LogP contribution >= 0.6 is 0 Å². The van der Waals surface area contributed by atoms with Crippen molar-refractivity contribution in [2.45, 2.75) is 51.9 Å². The first-order valence-electron chi connectivity index (χ1n) is 11.5. The summed E-state index contributed by atoms with van der Waals surface area (Å²) in [5.74, 6) is 1.49. The van der Waals surface area contributed by atoms with Crippen LogP contribution in [0.25, 0.3) is 0 Å². The number of carbonyl (C=O) groups excluding carboxylic acids is 1. The van der Waals surface area contributed by atoms with Gasteiger partial charge in [-0.25, -0.2) is 0 Å². The summed E-state index contributed by atoms with van der Waals surface area (Å²) < 4.78 is 5.51. The Hall–Kier alpha value is -3.15. The molecular formula is C26H32N4O2. The quantitative estimate of drug-likeness (QED) is 0.574. The van der Waals surface area contributed by atoms with Gasteiger partial charge < -0.3 is 9.64 Å². The van der Waals surface area contributed by atoms with Crippen molar-refractivity contribution in [2.24, 2.45) is 0 Å². The fourth-order valence-electron chi connectivity index (χ4n) is 4.19. The third-order valence-electron chi connectivity index (χ3n) is 6.06. The smallest absolute Gasteiger partial charge is 0.274 e. The fourth-order valence-corrected chi connectivity index (χ4v) is 4.19. The molecule has 1 saturated heterocycles. The van der Waals surface area contributed by atoms with Crippen molar-refractivity contribution in [1.82, 2.24) is 20.1 Å². The molecule has 0 spiro atoms. The summed E-state index contributed by atoms with van der Waals surface area (Å²) in [6.45, 7) is 8.30. The minimum atomic E-state index is 0.00460. The van der Waals surface area contributed by atoms with E-state index in [9.17, 15) is 4.79 Å². The number of hydrogen-bond acceptors (Lipinski definition) is 4. The number of carbonyl (C=O) groups is 1. The number of ether oxygens (including phenoxy) is 1. The van der Waals surface area contributed by atoms with E-state index in [4.69, 9.17) is 9.72 Å². The zero-order valence-electron chi connectivity index (χ0n) is 19.2. The highest BCUT2D eigenvalue weighted by Crippen LogP contribution is 2.27. The van der Waals surface area contributed by atoms with Crippen LogP contribution in [0.15, 0.2) is 48.7 Å². The van der Waals surface area contributed by atoms with E-state index in [1.807, 2.05) is 36.2 Å². The maximum atomic E-state index is 12.9. The fraction of sp³-hybridized carbons (Fsp3) is 0.423. The van der Waals surface area contributed by atoms with Gasteiger partial charge >= 0.3 is 0 Å². The van der Waals surface area contributed by atoms with Gasteiger partial charge in [0.15, 0.2) is 0 Å². The summed E-state index contributed by atoms with van der Waals surface area (Å²) in [5, 5.41) is 7.22. The van der Waals surface area contributed by atoms with Crippen molar-refractivity contribution >= 4 is 5.91 Å². The molecule has 0 unspecified atom stereocenters. The molecule has 1 amide bonds. The molecule has 4 rings (SSSR count). The topological polar surface area (TPSA) is 71.1 Å². The van der Waals surface area contributed by atoms with Gasteiger partial charge in [0.2, 0.25) is 0 Å². The first-order valence-corrected chi connectivity index (χ1v) is 11.5. The molecule has 3 heterocycles. The summed E-state index contributed by atoms with van der Waals surface area (Å²) in [6.07, 6.45) is 4.84. The Morgan fingerprint density at radius 3 is 2.62 bits per heavy atom. The maximum absolute atomic E-state index is 12.9. The highest BCUT2D eigenvalue weighted by molar-refractivity contribution is 5.92. The average Bonchev–Trinajstić information content (AvgIpc) is 3.31. The lowest BCUT2D eigenvalue weighted by Gasteiger charge is -2.32. The summed E-state index contributed by atoms with van der Waals surface area (Å²) in [5.41, 5.74) is 4.97. The number of likely N-dealkylation sites (tertiary alicyclic amines) is 1. The molecule has 2 aromatic heterocycles. The summed E-state index contributed by atoms with van der Waals surface area (Å²) in [4.78, 5) is 19.6. The van der Waals surface area contributed by atoms with Crippen LogP contribution in [0.3, 0.4) is 0 Å². The summed E-state index contributed by atoms with van der Waals surface area (Å²) in [7, 11) is 0. The highest BCUT2D eigenvalue weighted by Gasteiger charge is 2.27. The van der Waals surface area contributed by atoms with Crippen LogP contribution < -0.4 is 4.74 Å². The molecule has 6 nitrogen and oxygen atoms in total. The van der Waals surface area contributed by atoms with E-state index in [0.717, 1.165) is 42.9 Å². The predicted molar refractivity (Wildman–Crippen MR) is 125 cm³/mol. The number of nitrogens with one attached hydrogen (secondary N) is 1. The van der Waals surface area contributed by atoms with Gasteiger partial charge in [-0.3, -0.25) is 14.9 Å². The molecule has 6 heteroatoms. The summed E-state index contributed by atoms with van der Waals surface area (Å²) in [6, 6.07) is 14.4. The number of hydrogen-bond donors (Lipinski definition) is 1. The Morgan fingerprint density at radius 2 is 1.97 bits per heavy atom. The van der Waals surface area contributed by atoms with Crippen LogP contribution in [0.2, 0.25) is 0 Å². The maximum Gasteiger partial charge on any atom is 0.274 e. The number of benzene rings is 1. The Bertz CT molecular complexity index is 1020. The van der Waals surface area contributed by atoms with E-state index in [2.05, 4.69) is 48.3 Å². The Labute approximate surface area is 190 Å². The van der Waals surface area contributed by atoms with Crippen molar-refractivity contribution in [3.8, 4) is 5.75 Å². The third-order valence-corrected chi connectivity index (χ3v) is 6.06. The zero-order chi connectivity index (χ0) is 22.5. The monoisotopic (exact) mass is 432 g/mol. The van der Waals surface area contributed by atoms with E-state index in [-0.39, 0.29) is 11.8 Å². The second-order valence-corrected chi connectivity index (χ2v) is 8.80. The number of rotatable bonds is 7. The minimum Gasteiger partial charge on any atom is -0.494 e. The molecule has 32 heavy (non-hydrogen) atoms. The highest BCUT2D eigenvalue weighted by atomic mass is 16.5. The van der Waals surface area contributed by atoms with Crippen molar-refractivity contribution in [2.75, 3.05) is 19.7 Å². The van der Waals surface area contributed by atoms with Gasteiger partial charge in [-0.05, 0) is 67.5 Å². The largest absolute Gasteiger partial charge is 0.494 e. The van der Waals surface area contributed by atoms with Crippen molar-refractivity contribution in [1.29, 1.82) is 0 Å². The Morgan fingerprint density at radius 1 is 1.19 bits per heavy atom. The number of aromatic nitrogens is 3. The van der Waals surface area contributed by atoms with E-state index in [0.29, 0.717) is 24.8 Å². The van der Waals surface area contributed by atoms with Gasteiger partial charge in [0.1, 0.15) is 11.4 Å². The van der Waals surface area contributed by atoms with Gasteiger partial charge in [-0.2, -0.15) is 5.10 Å². The Balaban J connectivity index is 1.38. The van der Waals surface area contributed by atoms with Crippen LogP contribution in [0.5, 0.6) is 5.75 Å². The van der Waals surface area contributed by atoms with Gasteiger partial charge in [-0.15, -0.1) is 0 Å². The molecular weight excluding hydrogens is 400 g/mol. The second-order valence-electron chi connectivity index (χ2n) is 8.80. The van der Waals surface area contributed by atoms with Crippen molar-refractivity contribution in [3.05, 3.63) is 76.9 Å². The van der Waals surface area contributed by atoms with Gasteiger partial charge in [0, 0.05) is 36.6 Å². The van der Waals surface area contributed by atoms with E-state index < -0.39 is 0 Å². The molecule has 3 aromatic rings. The number of nitrogens with zero attached hydrogens (tertiary/aromatic N) is 3. The number of aromatic amines is 1. The molecule has 1 aliphatic rings. The van der Waals surface area contributed by atoms with E-state index >= 15 is 0 Å². The molecule has 1 fully saturated rings. The number of amides is 1. The lowest BCUT2D eigenvalue weighted by Crippen LogP contribution is -2.39. The molecule has 1 aliphatic heterocycles. The van der Waals surface area contributed by atoms with E-state index in [1.54, 1.807) is 0 Å². The normalized spacial score (nSPS) is 16.4. The van der Waals surface area contributed by atoms with Crippen LogP contribution in [0.4, 0.5) is 0 Å². The van der Waals surface area contributed by atoms with Crippen molar-refractivity contribution < 1.29 is 9.53 Å². The van der Waals surface area contributed by atoms with Crippen LogP contribution in [0, 0.1) is 0 Å². The number of H-pyrrole nitrogens is 1.